The molecule has 6 heteroatoms. The lowest BCUT2D eigenvalue weighted by Crippen LogP contribution is -2.42. The van der Waals surface area contributed by atoms with E-state index in [0.29, 0.717) is 30.8 Å². The van der Waals surface area contributed by atoms with Crippen molar-refractivity contribution in [2.45, 2.75) is 17.7 Å². The van der Waals surface area contributed by atoms with Gasteiger partial charge >= 0.3 is 0 Å². The Balaban J connectivity index is 1.74. The zero-order chi connectivity index (χ0) is 17.9. The van der Waals surface area contributed by atoms with E-state index in [1.54, 1.807) is 19.2 Å². The molecule has 0 spiro atoms. The van der Waals surface area contributed by atoms with Crippen LogP contribution in [0.3, 0.4) is 0 Å². The minimum absolute atomic E-state index is 0.00994. The van der Waals surface area contributed by atoms with Crippen LogP contribution in [-0.2, 0) is 14.8 Å². The fourth-order valence-corrected chi connectivity index (χ4v) is 4.63. The second kappa shape index (κ2) is 7.37. The van der Waals surface area contributed by atoms with Crippen molar-refractivity contribution in [1.82, 2.24) is 9.62 Å². The molecule has 132 valence electrons. The first-order valence-corrected chi connectivity index (χ1v) is 9.83. The Hall–Kier alpha value is -2.18. The van der Waals surface area contributed by atoms with Gasteiger partial charge in [0.15, 0.2) is 0 Å². The highest BCUT2D eigenvalue weighted by molar-refractivity contribution is 7.89. The van der Waals surface area contributed by atoms with E-state index in [1.165, 1.54) is 4.31 Å². The predicted octanol–water partition coefficient (Wildman–Crippen LogP) is 2.50. The van der Waals surface area contributed by atoms with Gasteiger partial charge in [0.05, 0.1) is 4.90 Å². The maximum atomic E-state index is 12.8. The summed E-state index contributed by atoms with van der Waals surface area (Å²) in [4.78, 5) is 12.0. The van der Waals surface area contributed by atoms with Crippen molar-refractivity contribution >= 4 is 15.9 Å². The third-order valence-electron chi connectivity index (χ3n) is 4.67. The Morgan fingerprint density at radius 3 is 2.08 bits per heavy atom. The van der Waals surface area contributed by atoms with E-state index < -0.39 is 10.0 Å². The van der Waals surface area contributed by atoms with Gasteiger partial charge in [-0.25, -0.2) is 8.42 Å². The Morgan fingerprint density at radius 1 is 0.960 bits per heavy atom. The summed E-state index contributed by atoms with van der Waals surface area (Å²) in [6.45, 7) is 0.752. The number of hydrogen-bond donors (Lipinski definition) is 1. The quantitative estimate of drug-likeness (QED) is 0.913. The zero-order valence-electron chi connectivity index (χ0n) is 14.2. The predicted molar refractivity (Wildman–Crippen MR) is 97.4 cm³/mol. The van der Waals surface area contributed by atoms with Gasteiger partial charge in [-0.1, -0.05) is 42.5 Å². The van der Waals surface area contributed by atoms with Gasteiger partial charge in [0.25, 0.3) is 0 Å². The number of piperidine rings is 1. The summed E-state index contributed by atoms with van der Waals surface area (Å²) in [6.07, 6.45) is 1.11. The van der Waals surface area contributed by atoms with Crippen molar-refractivity contribution < 1.29 is 13.2 Å². The van der Waals surface area contributed by atoms with Crippen molar-refractivity contribution in [2.75, 3.05) is 20.1 Å². The van der Waals surface area contributed by atoms with E-state index in [4.69, 9.17) is 0 Å². The molecule has 0 bridgehead atoms. The first-order chi connectivity index (χ1) is 12.0. The molecule has 2 aromatic rings. The van der Waals surface area contributed by atoms with E-state index in [1.807, 2.05) is 42.5 Å². The average molecular weight is 358 g/mol. The normalized spacial score (nSPS) is 16.5. The van der Waals surface area contributed by atoms with Crippen LogP contribution in [0.25, 0.3) is 11.1 Å². The number of carbonyl (C=O) groups excluding carboxylic acids is 1. The number of carbonyl (C=O) groups is 1. The van der Waals surface area contributed by atoms with Crippen LogP contribution in [0.2, 0.25) is 0 Å². The molecule has 5 nitrogen and oxygen atoms in total. The zero-order valence-corrected chi connectivity index (χ0v) is 15.0. The van der Waals surface area contributed by atoms with Crippen molar-refractivity contribution in [2.24, 2.45) is 5.92 Å². The lowest BCUT2D eigenvalue weighted by molar-refractivity contribution is -0.125. The van der Waals surface area contributed by atoms with Gasteiger partial charge in [-0.15, -0.1) is 0 Å². The molecule has 1 saturated heterocycles. The number of amides is 1. The molecular weight excluding hydrogens is 336 g/mol. The monoisotopic (exact) mass is 358 g/mol. The summed E-state index contributed by atoms with van der Waals surface area (Å²) < 4.78 is 27.1. The van der Waals surface area contributed by atoms with Crippen LogP contribution in [0, 0.1) is 5.92 Å². The smallest absolute Gasteiger partial charge is 0.243 e. The van der Waals surface area contributed by atoms with Crippen molar-refractivity contribution in [3.05, 3.63) is 54.6 Å². The fraction of sp³-hybridized carbons (Fsp3) is 0.316. The fourth-order valence-electron chi connectivity index (χ4n) is 3.16. The van der Waals surface area contributed by atoms with E-state index in [9.17, 15) is 13.2 Å². The summed E-state index contributed by atoms with van der Waals surface area (Å²) >= 11 is 0. The number of benzene rings is 2. The third kappa shape index (κ3) is 3.75. The largest absolute Gasteiger partial charge is 0.359 e. The van der Waals surface area contributed by atoms with Crippen molar-refractivity contribution in [1.29, 1.82) is 0 Å². The summed E-state index contributed by atoms with van der Waals surface area (Å²) in [7, 11) is -1.90. The summed E-state index contributed by atoms with van der Waals surface area (Å²) in [5.41, 5.74) is 2.04. The summed E-state index contributed by atoms with van der Waals surface area (Å²) in [5.74, 6) is -0.110. The molecule has 0 unspecified atom stereocenters. The second-order valence-electron chi connectivity index (χ2n) is 6.18. The van der Waals surface area contributed by atoms with Gasteiger partial charge in [0.1, 0.15) is 0 Å². The van der Waals surface area contributed by atoms with Gasteiger partial charge in [-0.2, -0.15) is 4.31 Å². The number of nitrogens with zero attached hydrogens (tertiary/aromatic N) is 1. The Labute approximate surface area is 148 Å². The molecule has 3 rings (SSSR count). The van der Waals surface area contributed by atoms with Crippen molar-refractivity contribution in [3.8, 4) is 11.1 Å². The minimum Gasteiger partial charge on any atom is -0.359 e. The van der Waals surface area contributed by atoms with Gasteiger partial charge in [0, 0.05) is 26.1 Å². The molecule has 0 aliphatic carbocycles. The molecule has 1 fully saturated rings. The molecular formula is C19H22N2O3S. The van der Waals surface area contributed by atoms with Gasteiger partial charge in [-0.3, -0.25) is 4.79 Å². The first-order valence-electron chi connectivity index (χ1n) is 8.39. The molecule has 1 heterocycles. The highest BCUT2D eigenvalue weighted by Crippen LogP contribution is 2.26. The minimum atomic E-state index is -3.52. The van der Waals surface area contributed by atoms with Crippen LogP contribution >= 0.6 is 0 Å². The molecule has 1 aliphatic rings. The van der Waals surface area contributed by atoms with Crippen LogP contribution in [0.4, 0.5) is 0 Å². The lowest BCUT2D eigenvalue weighted by Gasteiger charge is -2.30. The molecule has 1 amide bonds. The standard InChI is InChI=1S/C19H22N2O3S/c1-20-19(22)17-11-13-21(14-12-17)25(23,24)18-9-7-16(8-10-18)15-5-3-2-4-6-15/h2-10,17H,11-14H2,1H3,(H,20,22). The molecule has 2 aromatic carbocycles. The highest BCUT2D eigenvalue weighted by atomic mass is 32.2. The number of sulfonamides is 1. The van der Waals surface area contributed by atoms with Gasteiger partial charge < -0.3 is 5.32 Å². The maximum absolute atomic E-state index is 12.8. The van der Waals surface area contributed by atoms with E-state index >= 15 is 0 Å². The second-order valence-corrected chi connectivity index (χ2v) is 8.12. The van der Waals surface area contributed by atoms with E-state index in [-0.39, 0.29) is 11.8 Å². The molecule has 0 saturated carbocycles. The summed E-state index contributed by atoms with van der Waals surface area (Å²) in [6, 6.07) is 16.8. The molecule has 0 aromatic heterocycles. The average Bonchev–Trinajstić information content (AvgIpc) is 2.68. The Kier molecular flexibility index (Phi) is 5.20. The van der Waals surface area contributed by atoms with Crippen LogP contribution in [0.1, 0.15) is 12.8 Å². The summed E-state index contributed by atoms with van der Waals surface area (Å²) in [5, 5.41) is 2.63. The maximum Gasteiger partial charge on any atom is 0.243 e. The number of nitrogens with one attached hydrogen (secondary N) is 1. The molecule has 0 radical (unpaired) electrons. The molecule has 25 heavy (non-hydrogen) atoms. The van der Waals surface area contributed by atoms with Gasteiger partial charge in [0.2, 0.25) is 15.9 Å². The van der Waals surface area contributed by atoms with Gasteiger partial charge in [-0.05, 0) is 36.1 Å². The first kappa shape index (κ1) is 17.6. The molecule has 1 N–H and O–H groups in total. The van der Waals surface area contributed by atoms with Crippen molar-refractivity contribution in [3.63, 3.8) is 0 Å². The van der Waals surface area contributed by atoms with Crippen LogP contribution in [0.5, 0.6) is 0 Å². The number of rotatable bonds is 4. The van der Waals surface area contributed by atoms with Crippen LogP contribution in [0.15, 0.2) is 59.5 Å². The van der Waals surface area contributed by atoms with Crippen LogP contribution < -0.4 is 5.32 Å². The Bertz CT molecular complexity index is 825. The van der Waals surface area contributed by atoms with E-state index in [2.05, 4.69) is 5.32 Å². The lowest BCUT2D eigenvalue weighted by atomic mass is 9.97. The Morgan fingerprint density at radius 2 is 1.52 bits per heavy atom. The van der Waals surface area contributed by atoms with Crippen LogP contribution in [-0.4, -0.2) is 38.8 Å². The topological polar surface area (TPSA) is 66.5 Å². The molecule has 1 aliphatic heterocycles. The molecule has 0 atom stereocenters. The number of hydrogen-bond acceptors (Lipinski definition) is 3. The highest BCUT2D eigenvalue weighted by Gasteiger charge is 2.31. The SMILES string of the molecule is CNC(=O)C1CCN(S(=O)(=O)c2ccc(-c3ccccc3)cc2)CC1. The van der Waals surface area contributed by atoms with E-state index in [0.717, 1.165) is 11.1 Å². The third-order valence-corrected chi connectivity index (χ3v) is 6.58.